The maximum absolute atomic E-state index is 12.7. The van der Waals surface area contributed by atoms with Gasteiger partial charge in [0.05, 0.1) is 22.0 Å². The maximum Gasteiger partial charge on any atom is 0.254 e. The zero-order chi connectivity index (χ0) is 21.1. The minimum atomic E-state index is -0.119. The average molecular weight is 444 g/mol. The average Bonchev–Trinajstić information content (AvgIpc) is 3.38. The van der Waals surface area contributed by atoms with Gasteiger partial charge in [-0.2, -0.15) is 0 Å². The molecule has 0 unspecified atom stereocenters. The van der Waals surface area contributed by atoms with E-state index in [1.54, 1.807) is 18.4 Å². The lowest BCUT2D eigenvalue weighted by molar-refractivity contribution is 0.0871. The van der Waals surface area contributed by atoms with Crippen LogP contribution in [0.2, 0.25) is 5.02 Å². The lowest BCUT2D eigenvalue weighted by Gasteiger charge is -2.26. The van der Waals surface area contributed by atoms with Gasteiger partial charge in [-0.15, -0.1) is 11.3 Å². The van der Waals surface area contributed by atoms with Crippen molar-refractivity contribution in [3.63, 3.8) is 0 Å². The fourth-order valence-corrected chi connectivity index (χ4v) is 5.37. The Kier molecular flexibility index (Phi) is 6.56. The van der Waals surface area contributed by atoms with Crippen molar-refractivity contribution in [3.05, 3.63) is 52.0 Å². The van der Waals surface area contributed by atoms with Gasteiger partial charge in [0.15, 0.2) is 0 Å². The molecule has 1 aromatic carbocycles. The van der Waals surface area contributed by atoms with Crippen LogP contribution in [0.1, 0.15) is 54.2 Å². The Morgan fingerprint density at radius 3 is 2.80 bits per heavy atom. The number of methoxy groups -OCH3 is 1. The summed E-state index contributed by atoms with van der Waals surface area (Å²) < 4.78 is 7.34. The molecular formula is C23H26ClN3O2S. The first-order valence-corrected chi connectivity index (χ1v) is 11.6. The molecule has 4 rings (SSSR count). The molecule has 1 fully saturated rings. The highest BCUT2D eigenvalue weighted by atomic mass is 35.5. The summed E-state index contributed by atoms with van der Waals surface area (Å²) in [4.78, 5) is 17.6. The zero-order valence-electron chi connectivity index (χ0n) is 17.3. The van der Waals surface area contributed by atoms with E-state index in [1.807, 2.05) is 37.3 Å². The smallest absolute Gasteiger partial charge is 0.254 e. The molecular weight excluding hydrogens is 418 g/mol. The van der Waals surface area contributed by atoms with Crippen LogP contribution in [0, 0.1) is 6.92 Å². The Morgan fingerprint density at radius 1 is 1.30 bits per heavy atom. The number of ether oxygens (including phenoxy) is 1. The van der Waals surface area contributed by atoms with Crippen molar-refractivity contribution >= 4 is 28.8 Å². The number of nitrogens with zero attached hydrogens (tertiary/aromatic N) is 2. The number of hydrogen-bond acceptors (Lipinski definition) is 4. The van der Waals surface area contributed by atoms with Crippen LogP contribution < -0.4 is 5.32 Å². The number of carbonyl (C=O) groups excluding carboxylic acids is 1. The third-order valence-electron chi connectivity index (χ3n) is 5.72. The Labute approximate surface area is 186 Å². The largest absolute Gasteiger partial charge is 0.364 e. The monoisotopic (exact) mass is 443 g/mol. The van der Waals surface area contributed by atoms with Crippen LogP contribution in [0.25, 0.3) is 22.0 Å². The summed E-state index contributed by atoms with van der Waals surface area (Å²) in [5, 5.41) is 6.45. The molecule has 3 aromatic rings. The van der Waals surface area contributed by atoms with Crippen molar-refractivity contribution in [2.75, 3.05) is 13.8 Å². The van der Waals surface area contributed by atoms with Crippen molar-refractivity contribution in [1.82, 2.24) is 14.9 Å². The normalized spacial score (nSPS) is 14.8. The molecule has 158 valence electrons. The van der Waals surface area contributed by atoms with Crippen LogP contribution in [-0.4, -0.2) is 29.3 Å². The van der Waals surface area contributed by atoms with Crippen LogP contribution in [0.3, 0.4) is 0 Å². The summed E-state index contributed by atoms with van der Waals surface area (Å²) in [6, 6.07) is 10.1. The molecule has 0 saturated heterocycles. The number of hydrogen-bond donors (Lipinski definition) is 1. The predicted molar refractivity (Wildman–Crippen MR) is 122 cm³/mol. The molecule has 1 N–H and O–H groups in total. The fourth-order valence-electron chi connectivity index (χ4n) is 4.24. The van der Waals surface area contributed by atoms with Crippen LogP contribution in [-0.2, 0) is 4.74 Å². The summed E-state index contributed by atoms with van der Waals surface area (Å²) in [5.74, 6) is -0.119. The van der Waals surface area contributed by atoms with E-state index in [2.05, 4.69) is 15.3 Å². The van der Waals surface area contributed by atoms with Gasteiger partial charge in [-0.1, -0.05) is 49.1 Å². The molecule has 1 aliphatic carbocycles. The van der Waals surface area contributed by atoms with E-state index in [-0.39, 0.29) is 12.6 Å². The molecule has 7 heteroatoms. The molecule has 2 heterocycles. The van der Waals surface area contributed by atoms with Gasteiger partial charge in [-0.3, -0.25) is 4.79 Å². The third kappa shape index (κ3) is 4.17. The van der Waals surface area contributed by atoms with Gasteiger partial charge in [0.2, 0.25) is 0 Å². The van der Waals surface area contributed by atoms with Crippen molar-refractivity contribution in [3.8, 4) is 22.0 Å². The number of benzene rings is 1. The Bertz CT molecular complexity index is 1040. The first-order valence-electron chi connectivity index (χ1n) is 10.3. The molecule has 1 amide bonds. The van der Waals surface area contributed by atoms with E-state index >= 15 is 0 Å². The minimum absolute atomic E-state index is 0.119. The van der Waals surface area contributed by atoms with Gasteiger partial charge in [0.1, 0.15) is 11.7 Å². The van der Waals surface area contributed by atoms with Crippen molar-refractivity contribution in [1.29, 1.82) is 0 Å². The molecule has 1 saturated carbocycles. The first kappa shape index (κ1) is 21.1. The number of thiazole rings is 1. The summed E-state index contributed by atoms with van der Waals surface area (Å²) >= 11 is 7.96. The van der Waals surface area contributed by atoms with Gasteiger partial charge in [0, 0.05) is 29.8 Å². The van der Waals surface area contributed by atoms with E-state index in [0.29, 0.717) is 16.6 Å². The van der Waals surface area contributed by atoms with Crippen molar-refractivity contribution in [2.45, 2.75) is 45.1 Å². The second-order valence-corrected chi connectivity index (χ2v) is 8.91. The predicted octanol–water partition coefficient (Wildman–Crippen LogP) is 6.08. The highest BCUT2D eigenvalue weighted by Gasteiger charge is 2.26. The topological polar surface area (TPSA) is 56.1 Å². The SMILES string of the molecule is COCNC(=O)c1cc(-c2csc(-c3ccccc3Cl)n2)n(C2CCCCC2)c1C. The summed E-state index contributed by atoms with van der Waals surface area (Å²) in [6.45, 7) is 2.22. The van der Waals surface area contributed by atoms with Gasteiger partial charge in [-0.05, 0) is 31.9 Å². The lowest BCUT2D eigenvalue weighted by atomic mass is 9.95. The van der Waals surface area contributed by atoms with E-state index in [1.165, 1.54) is 19.3 Å². The van der Waals surface area contributed by atoms with Crippen LogP contribution in [0.5, 0.6) is 0 Å². The third-order valence-corrected chi connectivity index (χ3v) is 6.93. The molecule has 0 spiro atoms. The van der Waals surface area contributed by atoms with Crippen LogP contribution in [0.4, 0.5) is 0 Å². The Hall–Kier alpha value is -2.15. The highest BCUT2D eigenvalue weighted by Crippen LogP contribution is 2.38. The van der Waals surface area contributed by atoms with Crippen molar-refractivity contribution < 1.29 is 9.53 Å². The number of aromatic nitrogens is 2. The number of halogens is 1. The van der Waals surface area contributed by atoms with Gasteiger partial charge >= 0.3 is 0 Å². The zero-order valence-corrected chi connectivity index (χ0v) is 18.9. The number of amides is 1. The van der Waals surface area contributed by atoms with Gasteiger partial charge in [0.25, 0.3) is 5.91 Å². The van der Waals surface area contributed by atoms with E-state index < -0.39 is 0 Å². The summed E-state index contributed by atoms with van der Waals surface area (Å²) in [5.41, 5.74) is 4.48. The Morgan fingerprint density at radius 2 is 2.07 bits per heavy atom. The molecule has 0 atom stereocenters. The van der Waals surface area contributed by atoms with Crippen LogP contribution in [0.15, 0.2) is 35.7 Å². The minimum Gasteiger partial charge on any atom is -0.364 e. The molecule has 0 radical (unpaired) electrons. The second kappa shape index (κ2) is 9.33. The molecule has 5 nitrogen and oxygen atoms in total. The van der Waals surface area contributed by atoms with E-state index in [0.717, 1.165) is 40.5 Å². The number of rotatable bonds is 6. The quantitative estimate of drug-likeness (QED) is 0.469. The van der Waals surface area contributed by atoms with E-state index in [9.17, 15) is 4.79 Å². The lowest BCUT2D eigenvalue weighted by Crippen LogP contribution is -2.26. The van der Waals surface area contributed by atoms with Gasteiger partial charge < -0.3 is 14.6 Å². The summed E-state index contributed by atoms with van der Waals surface area (Å²) in [7, 11) is 1.57. The number of carbonyl (C=O) groups is 1. The first-order chi connectivity index (χ1) is 14.6. The summed E-state index contributed by atoms with van der Waals surface area (Å²) in [6.07, 6.45) is 5.97. The fraction of sp³-hybridized carbons (Fsp3) is 0.391. The molecule has 30 heavy (non-hydrogen) atoms. The van der Waals surface area contributed by atoms with Crippen molar-refractivity contribution in [2.24, 2.45) is 0 Å². The maximum atomic E-state index is 12.7. The highest BCUT2D eigenvalue weighted by molar-refractivity contribution is 7.13. The van der Waals surface area contributed by atoms with Gasteiger partial charge in [-0.25, -0.2) is 4.98 Å². The molecule has 2 aromatic heterocycles. The van der Waals surface area contributed by atoms with E-state index in [4.69, 9.17) is 21.3 Å². The standard InChI is InChI=1S/C23H26ClN3O2S/c1-15-18(22(28)25-14-29-2)12-21(27(15)16-8-4-3-5-9-16)20-13-30-23(26-20)17-10-6-7-11-19(17)24/h6-7,10-13,16H,3-5,8-9,14H2,1-2H3,(H,25,28). The Balaban J connectivity index is 1.76. The molecule has 1 aliphatic rings. The molecule has 0 bridgehead atoms. The van der Waals surface area contributed by atoms with Crippen LogP contribution >= 0.6 is 22.9 Å². The second-order valence-electron chi connectivity index (χ2n) is 7.65. The number of nitrogens with one attached hydrogen (secondary N) is 1. The molecule has 0 aliphatic heterocycles.